The molecule has 0 bridgehead atoms. The summed E-state index contributed by atoms with van der Waals surface area (Å²) in [4.78, 5) is 31.0. The van der Waals surface area contributed by atoms with Gasteiger partial charge in [-0.05, 0) is 18.2 Å². The zero-order chi connectivity index (χ0) is 21.1. The first-order valence-electron chi connectivity index (χ1n) is 9.59. The lowest BCUT2D eigenvalue weighted by atomic mass is 10.3. The second-order valence-corrected chi connectivity index (χ2v) is 8.11. The zero-order valence-corrected chi connectivity index (χ0v) is 17.3. The van der Waals surface area contributed by atoms with E-state index in [4.69, 9.17) is 4.74 Å². The Morgan fingerprint density at radius 3 is 2.83 bits per heavy atom. The standard InChI is InChI=1S/C20H21N5O4S/c1-29-16-4-2-3-14(11-16)21-19(26)13-23-7-9-24(10-8-23)20-22-17-6-5-15(25(27)28)12-18(17)30-20/h2-6,11-12H,7-10,13H2,1H3,(H,21,26)/p+1. The molecule has 10 heteroatoms. The summed E-state index contributed by atoms with van der Waals surface area (Å²) in [5.74, 6) is 0.675. The number of nitrogens with zero attached hydrogens (tertiary/aromatic N) is 3. The molecule has 3 aromatic rings. The number of nitrogens with one attached hydrogen (secondary N) is 2. The van der Waals surface area contributed by atoms with Crippen LogP contribution in [0, 0.1) is 10.1 Å². The molecule has 1 saturated heterocycles. The zero-order valence-electron chi connectivity index (χ0n) is 16.5. The highest BCUT2D eigenvalue weighted by molar-refractivity contribution is 7.22. The van der Waals surface area contributed by atoms with Crippen molar-refractivity contribution in [3.63, 3.8) is 0 Å². The van der Waals surface area contributed by atoms with Crippen molar-refractivity contribution in [2.24, 2.45) is 0 Å². The van der Waals surface area contributed by atoms with Crippen molar-refractivity contribution in [1.82, 2.24) is 4.98 Å². The Hall–Kier alpha value is -3.24. The summed E-state index contributed by atoms with van der Waals surface area (Å²) in [5, 5.41) is 14.7. The highest BCUT2D eigenvalue weighted by atomic mass is 32.1. The lowest BCUT2D eigenvalue weighted by Gasteiger charge is -2.31. The molecule has 2 aromatic carbocycles. The van der Waals surface area contributed by atoms with Crippen LogP contribution in [-0.2, 0) is 4.79 Å². The minimum atomic E-state index is -0.391. The first-order valence-corrected chi connectivity index (χ1v) is 10.4. The maximum atomic E-state index is 12.4. The number of carbonyl (C=O) groups excluding carboxylic acids is 1. The summed E-state index contributed by atoms with van der Waals surface area (Å²) in [5.41, 5.74) is 1.57. The number of piperazine rings is 1. The number of nitro groups is 1. The molecule has 0 atom stereocenters. The van der Waals surface area contributed by atoms with Crippen LogP contribution in [0.5, 0.6) is 5.75 Å². The van der Waals surface area contributed by atoms with Gasteiger partial charge in [0.15, 0.2) is 11.7 Å². The molecule has 0 radical (unpaired) electrons. The Morgan fingerprint density at radius 2 is 2.10 bits per heavy atom. The van der Waals surface area contributed by atoms with Crippen molar-refractivity contribution in [2.75, 3.05) is 50.1 Å². The largest absolute Gasteiger partial charge is 0.497 e. The Bertz CT molecular complexity index is 1080. The van der Waals surface area contributed by atoms with Gasteiger partial charge in [0.05, 0.1) is 48.4 Å². The third-order valence-corrected chi connectivity index (χ3v) is 6.16. The minimum Gasteiger partial charge on any atom is -0.497 e. The molecule has 30 heavy (non-hydrogen) atoms. The number of fused-ring (bicyclic) bond motifs is 1. The summed E-state index contributed by atoms with van der Waals surface area (Å²) < 4.78 is 5.99. The number of quaternary nitrogens is 1. The number of rotatable bonds is 6. The summed E-state index contributed by atoms with van der Waals surface area (Å²) in [7, 11) is 1.59. The highest BCUT2D eigenvalue weighted by Gasteiger charge is 2.24. The summed E-state index contributed by atoms with van der Waals surface area (Å²) >= 11 is 1.47. The molecule has 2 N–H and O–H groups in total. The van der Waals surface area contributed by atoms with Gasteiger partial charge >= 0.3 is 0 Å². The first kappa shape index (κ1) is 20.0. The van der Waals surface area contributed by atoms with E-state index < -0.39 is 4.92 Å². The molecule has 0 aliphatic carbocycles. The maximum Gasteiger partial charge on any atom is 0.279 e. The van der Waals surface area contributed by atoms with Crippen LogP contribution >= 0.6 is 11.3 Å². The molecule has 1 aromatic heterocycles. The molecule has 0 unspecified atom stereocenters. The Labute approximate surface area is 177 Å². The van der Waals surface area contributed by atoms with Crippen molar-refractivity contribution in [1.29, 1.82) is 0 Å². The molecule has 2 heterocycles. The van der Waals surface area contributed by atoms with Crippen molar-refractivity contribution >= 4 is 44.0 Å². The number of non-ortho nitro benzene ring substituents is 1. The monoisotopic (exact) mass is 428 g/mol. The van der Waals surface area contributed by atoms with E-state index in [9.17, 15) is 14.9 Å². The number of ether oxygens (including phenoxy) is 1. The van der Waals surface area contributed by atoms with Gasteiger partial charge in [-0.15, -0.1) is 0 Å². The molecule has 1 aliphatic rings. The molecule has 9 nitrogen and oxygen atoms in total. The number of hydrogen-bond acceptors (Lipinski definition) is 7. The number of methoxy groups -OCH3 is 1. The Balaban J connectivity index is 1.32. The van der Waals surface area contributed by atoms with Crippen LogP contribution in [0.15, 0.2) is 42.5 Å². The van der Waals surface area contributed by atoms with Gasteiger partial charge < -0.3 is 19.9 Å². The third kappa shape index (κ3) is 4.50. The summed E-state index contributed by atoms with van der Waals surface area (Å²) in [6.45, 7) is 3.60. The van der Waals surface area contributed by atoms with Crippen molar-refractivity contribution in [3.8, 4) is 5.75 Å². The van der Waals surface area contributed by atoms with Crippen LogP contribution in [0.3, 0.4) is 0 Å². The number of hydrogen-bond donors (Lipinski definition) is 2. The van der Waals surface area contributed by atoms with E-state index in [0.29, 0.717) is 12.3 Å². The van der Waals surface area contributed by atoms with E-state index in [2.05, 4.69) is 15.2 Å². The number of nitro benzene ring substituents is 1. The van der Waals surface area contributed by atoms with E-state index in [-0.39, 0.29) is 11.6 Å². The normalized spacial score (nSPS) is 14.6. The summed E-state index contributed by atoms with van der Waals surface area (Å²) in [6.07, 6.45) is 0. The molecule has 4 rings (SSSR count). The van der Waals surface area contributed by atoms with Gasteiger partial charge in [-0.3, -0.25) is 14.9 Å². The van der Waals surface area contributed by atoms with Crippen molar-refractivity contribution in [3.05, 3.63) is 52.6 Å². The van der Waals surface area contributed by atoms with Gasteiger partial charge in [0.2, 0.25) is 0 Å². The van der Waals surface area contributed by atoms with Crippen molar-refractivity contribution in [2.45, 2.75) is 0 Å². The molecule has 156 valence electrons. The first-order chi connectivity index (χ1) is 14.5. The lowest BCUT2D eigenvalue weighted by Crippen LogP contribution is -3.15. The maximum absolute atomic E-state index is 12.4. The molecular weight excluding hydrogens is 406 g/mol. The van der Waals surface area contributed by atoms with Crippen LogP contribution in [0.25, 0.3) is 10.2 Å². The van der Waals surface area contributed by atoms with E-state index in [0.717, 1.165) is 47.2 Å². The second-order valence-electron chi connectivity index (χ2n) is 7.10. The average Bonchev–Trinajstić information content (AvgIpc) is 3.17. The summed E-state index contributed by atoms with van der Waals surface area (Å²) in [6, 6.07) is 12.1. The van der Waals surface area contributed by atoms with Crippen LogP contribution in [0.1, 0.15) is 0 Å². The second kappa shape index (κ2) is 8.64. The fraction of sp³-hybridized carbons (Fsp3) is 0.300. The van der Waals surface area contributed by atoms with Crippen molar-refractivity contribution < 1.29 is 19.4 Å². The Kier molecular flexibility index (Phi) is 5.77. The van der Waals surface area contributed by atoms with Crippen LogP contribution in [0.2, 0.25) is 0 Å². The SMILES string of the molecule is COc1cccc(NC(=O)C[NH+]2CCN(c3nc4ccc([N+](=O)[O-])cc4s3)CC2)c1. The van der Waals surface area contributed by atoms with Gasteiger partial charge in [0, 0.05) is 23.9 Å². The minimum absolute atomic E-state index is 0.0287. The number of carbonyl (C=O) groups is 1. The molecule has 1 aliphatic heterocycles. The average molecular weight is 428 g/mol. The smallest absolute Gasteiger partial charge is 0.279 e. The van der Waals surface area contributed by atoms with Gasteiger partial charge in [-0.2, -0.15) is 0 Å². The van der Waals surface area contributed by atoms with E-state index in [1.807, 2.05) is 18.2 Å². The van der Waals surface area contributed by atoms with Crippen LogP contribution < -0.4 is 19.9 Å². The fourth-order valence-corrected chi connectivity index (χ4v) is 4.52. The predicted molar refractivity (Wildman–Crippen MR) is 116 cm³/mol. The number of benzene rings is 2. The van der Waals surface area contributed by atoms with E-state index in [1.54, 1.807) is 25.3 Å². The predicted octanol–water partition coefficient (Wildman–Crippen LogP) is 1.56. The van der Waals surface area contributed by atoms with E-state index >= 15 is 0 Å². The number of anilines is 2. The number of aromatic nitrogens is 1. The quantitative estimate of drug-likeness (QED) is 0.456. The lowest BCUT2D eigenvalue weighted by molar-refractivity contribution is -0.892. The van der Waals surface area contributed by atoms with Crippen LogP contribution in [-0.4, -0.2) is 55.6 Å². The van der Waals surface area contributed by atoms with Gasteiger partial charge in [-0.1, -0.05) is 17.4 Å². The molecular formula is C20H22N5O4S+. The fourth-order valence-electron chi connectivity index (χ4n) is 3.47. The van der Waals surface area contributed by atoms with Crippen LogP contribution in [0.4, 0.5) is 16.5 Å². The van der Waals surface area contributed by atoms with Gasteiger partial charge in [0.25, 0.3) is 11.6 Å². The third-order valence-electron chi connectivity index (χ3n) is 5.08. The Morgan fingerprint density at radius 1 is 1.30 bits per heavy atom. The van der Waals surface area contributed by atoms with Gasteiger partial charge in [-0.25, -0.2) is 4.98 Å². The highest BCUT2D eigenvalue weighted by Crippen LogP contribution is 2.31. The molecule has 1 amide bonds. The molecule has 1 fully saturated rings. The topological polar surface area (TPSA) is 102 Å². The molecule has 0 saturated carbocycles. The number of thiazole rings is 1. The van der Waals surface area contributed by atoms with E-state index in [1.165, 1.54) is 22.3 Å². The number of amides is 1. The molecule has 0 spiro atoms. The van der Waals surface area contributed by atoms with Gasteiger partial charge in [0.1, 0.15) is 5.75 Å².